The van der Waals surface area contributed by atoms with Crippen LogP contribution in [-0.4, -0.2) is 17.0 Å². The Kier molecular flexibility index (Phi) is 3.92. The third kappa shape index (κ3) is 2.58. The number of hydrogen-bond acceptors (Lipinski definition) is 3. The Morgan fingerprint density at radius 2 is 1.78 bits per heavy atom. The number of amides is 1. The number of nitrogens with one attached hydrogen (secondary N) is 1. The van der Waals surface area contributed by atoms with Crippen molar-refractivity contribution in [3.63, 3.8) is 0 Å². The summed E-state index contributed by atoms with van der Waals surface area (Å²) in [6, 6.07) is 0. The topological polar surface area (TPSA) is 41.5 Å². The fraction of sp³-hybridized carbons (Fsp3) is 0.857. The predicted octanol–water partition coefficient (Wildman–Crippen LogP) is 3.30. The lowest BCUT2D eigenvalue weighted by Crippen LogP contribution is -2.41. The van der Waals surface area contributed by atoms with Crippen LogP contribution in [-0.2, 0) is 4.79 Å². The lowest BCUT2D eigenvalue weighted by Gasteiger charge is -2.26. The van der Waals surface area contributed by atoms with E-state index in [2.05, 4.69) is 9.71 Å². The van der Waals surface area contributed by atoms with Crippen molar-refractivity contribution in [1.29, 1.82) is 0 Å². The van der Waals surface area contributed by atoms with Gasteiger partial charge in [-0.2, -0.15) is 0 Å². The van der Waals surface area contributed by atoms with E-state index in [9.17, 15) is 4.79 Å². The van der Waals surface area contributed by atoms with Crippen LogP contribution in [0.1, 0.15) is 57.8 Å². The number of nitrogens with zero attached hydrogens (tertiary/aromatic N) is 1. The second-order valence-electron chi connectivity index (χ2n) is 5.84. The second-order valence-corrected chi connectivity index (χ2v) is 6.83. The molecule has 1 amide bonds. The van der Waals surface area contributed by atoms with Crippen molar-refractivity contribution < 1.29 is 4.79 Å². The minimum atomic E-state index is 0.236. The van der Waals surface area contributed by atoms with Gasteiger partial charge in [0.2, 0.25) is 5.91 Å². The van der Waals surface area contributed by atoms with Gasteiger partial charge in [0.15, 0.2) is 0 Å². The zero-order valence-corrected chi connectivity index (χ0v) is 11.7. The molecule has 0 radical (unpaired) electrons. The van der Waals surface area contributed by atoms with Crippen LogP contribution in [0, 0.1) is 11.8 Å². The molecule has 0 aromatic heterocycles. The van der Waals surface area contributed by atoms with E-state index < -0.39 is 0 Å². The third-order valence-corrected chi connectivity index (χ3v) is 5.70. The lowest BCUT2D eigenvalue weighted by molar-refractivity contribution is -0.124. The van der Waals surface area contributed by atoms with Crippen molar-refractivity contribution in [2.75, 3.05) is 0 Å². The minimum absolute atomic E-state index is 0.236. The van der Waals surface area contributed by atoms with Crippen molar-refractivity contribution in [1.82, 2.24) is 5.32 Å². The Morgan fingerprint density at radius 1 is 1.06 bits per heavy atom. The quantitative estimate of drug-likeness (QED) is 0.740. The number of carbonyl (C=O) groups is 1. The maximum atomic E-state index is 12.2. The molecule has 1 aliphatic heterocycles. The molecule has 0 bridgehead atoms. The summed E-state index contributed by atoms with van der Waals surface area (Å²) in [6.07, 6.45) is 11.0. The second kappa shape index (κ2) is 5.64. The minimum Gasteiger partial charge on any atom is -0.313 e. The lowest BCUT2D eigenvalue weighted by atomic mass is 9.86. The highest BCUT2D eigenvalue weighted by atomic mass is 32.2. The summed E-state index contributed by atoms with van der Waals surface area (Å²) in [5, 5.41) is 3.78. The Morgan fingerprint density at radius 3 is 2.61 bits per heavy atom. The summed E-state index contributed by atoms with van der Waals surface area (Å²) in [7, 11) is 0. The monoisotopic (exact) mass is 266 g/mol. The first-order valence-electron chi connectivity index (χ1n) is 7.39. The third-order valence-electron chi connectivity index (χ3n) is 4.57. The van der Waals surface area contributed by atoms with Gasteiger partial charge >= 0.3 is 0 Å². The first kappa shape index (κ1) is 12.5. The first-order chi connectivity index (χ1) is 8.84. The fourth-order valence-electron chi connectivity index (χ4n) is 3.44. The summed E-state index contributed by atoms with van der Waals surface area (Å²) in [5.74, 6) is 1.99. The molecular weight excluding hydrogens is 244 g/mol. The molecule has 3 aliphatic rings. The maximum Gasteiger partial charge on any atom is 0.228 e. The van der Waals surface area contributed by atoms with E-state index in [1.807, 2.05) is 0 Å². The Balaban J connectivity index is 1.57. The highest BCUT2D eigenvalue weighted by Crippen LogP contribution is 2.39. The molecule has 2 fully saturated rings. The molecule has 2 saturated carbocycles. The van der Waals surface area contributed by atoms with Crippen molar-refractivity contribution >= 4 is 23.7 Å². The van der Waals surface area contributed by atoms with Gasteiger partial charge in [-0.1, -0.05) is 32.1 Å². The zero-order chi connectivity index (χ0) is 12.4. The Hall–Kier alpha value is -0.510. The molecule has 0 spiro atoms. The fourth-order valence-corrected chi connectivity index (χ4v) is 4.55. The van der Waals surface area contributed by atoms with Crippen LogP contribution in [0.2, 0.25) is 0 Å². The van der Waals surface area contributed by atoms with E-state index in [0.29, 0.717) is 11.2 Å². The van der Waals surface area contributed by atoms with Crippen LogP contribution in [0.5, 0.6) is 0 Å². The molecule has 0 saturated heterocycles. The van der Waals surface area contributed by atoms with Crippen LogP contribution in [0.3, 0.4) is 0 Å². The Labute approximate surface area is 113 Å². The van der Waals surface area contributed by atoms with E-state index >= 15 is 0 Å². The smallest absolute Gasteiger partial charge is 0.228 e. The van der Waals surface area contributed by atoms with Crippen molar-refractivity contribution in [2.24, 2.45) is 16.2 Å². The van der Waals surface area contributed by atoms with Crippen LogP contribution < -0.4 is 5.32 Å². The first-order valence-corrected chi connectivity index (χ1v) is 8.23. The SMILES string of the molecule is O=C(NC1=NSC2CCCCC12)C1CCCCC1. The van der Waals surface area contributed by atoms with E-state index in [1.165, 1.54) is 44.9 Å². The van der Waals surface area contributed by atoms with Crippen LogP contribution in [0.25, 0.3) is 0 Å². The van der Waals surface area contributed by atoms with Gasteiger partial charge in [-0.15, -0.1) is 0 Å². The van der Waals surface area contributed by atoms with Gasteiger partial charge in [-0.05, 0) is 37.6 Å². The molecule has 1 N–H and O–H groups in total. The van der Waals surface area contributed by atoms with Crippen molar-refractivity contribution in [3.05, 3.63) is 0 Å². The molecule has 2 unspecified atom stereocenters. The molecule has 3 nitrogen and oxygen atoms in total. The van der Waals surface area contributed by atoms with Gasteiger partial charge in [-0.3, -0.25) is 4.79 Å². The molecule has 2 aliphatic carbocycles. The van der Waals surface area contributed by atoms with Crippen LogP contribution in [0.15, 0.2) is 4.40 Å². The van der Waals surface area contributed by atoms with E-state index in [1.54, 1.807) is 11.9 Å². The molecule has 0 aromatic carbocycles. The van der Waals surface area contributed by atoms with Gasteiger partial charge in [0.25, 0.3) is 0 Å². The normalized spacial score (nSPS) is 32.8. The highest BCUT2D eigenvalue weighted by Gasteiger charge is 2.36. The number of hydrogen-bond donors (Lipinski definition) is 1. The summed E-state index contributed by atoms with van der Waals surface area (Å²) < 4.78 is 4.52. The molecule has 2 atom stereocenters. The van der Waals surface area contributed by atoms with E-state index in [0.717, 1.165) is 18.7 Å². The van der Waals surface area contributed by atoms with Crippen LogP contribution >= 0.6 is 11.9 Å². The van der Waals surface area contributed by atoms with Gasteiger partial charge in [0.1, 0.15) is 5.84 Å². The highest BCUT2D eigenvalue weighted by molar-refractivity contribution is 7.99. The summed E-state index contributed by atoms with van der Waals surface area (Å²) in [4.78, 5) is 12.2. The van der Waals surface area contributed by atoms with Gasteiger partial charge in [-0.25, -0.2) is 4.40 Å². The molecule has 100 valence electrons. The molecular formula is C14H22N2OS. The molecule has 3 rings (SSSR count). The standard InChI is InChI=1S/C14H22N2OS/c17-14(10-6-2-1-3-7-10)15-13-11-8-4-5-9-12(11)18-16-13/h10-12H,1-9H2,(H,15,16,17). The van der Waals surface area contributed by atoms with Gasteiger partial charge < -0.3 is 5.32 Å². The van der Waals surface area contributed by atoms with Gasteiger partial charge in [0, 0.05) is 17.1 Å². The van der Waals surface area contributed by atoms with Crippen molar-refractivity contribution in [3.8, 4) is 0 Å². The number of rotatable bonds is 1. The Bertz CT molecular complexity index is 350. The predicted molar refractivity (Wildman–Crippen MR) is 75.5 cm³/mol. The summed E-state index contributed by atoms with van der Waals surface area (Å²) in [5.41, 5.74) is 0. The van der Waals surface area contributed by atoms with E-state index in [4.69, 9.17) is 0 Å². The van der Waals surface area contributed by atoms with E-state index in [-0.39, 0.29) is 11.8 Å². The van der Waals surface area contributed by atoms with Gasteiger partial charge in [0.05, 0.1) is 0 Å². The number of carbonyl (C=O) groups excluding carboxylic acids is 1. The molecule has 18 heavy (non-hydrogen) atoms. The average molecular weight is 266 g/mol. The molecule has 0 aromatic rings. The van der Waals surface area contributed by atoms with Crippen LogP contribution in [0.4, 0.5) is 0 Å². The van der Waals surface area contributed by atoms with Crippen molar-refractivity contribution in [2.45, 2.75) is 63.0 Å². The number of amidine groups is 1. The zero-order valence-electron chi connectivity index (χ0n) is 10.9. The maximum absolute atomic E-state index is 12.2. The number of fused-ring (bicyclic) bond motifs is 1. The molecule has 1 heterocycles. The molecule has 4 heteroatoms. The summed E-state index contributed by atoms with van der Waals surface area (Å²) in [6.45, 7) is 0. The average Bonchev–Trinajstić information content (AvgIpc) is 2.83. The summed E-state index contributed by atoms with van der Waals surface area (Å²) >= 11 is 1.70. The largest absolute Gasteiger partial charge is 0.313 e.